The van der Waals surface area contributed by atoms with Gasteiger partial charge in [-0.2, -0.15) is 0 Å². The molecule has 0 heterocycles. The normalized spacial score (nSPS) is 10.2. The molecule has 1 aromatic carbocycles. The zero-order valence-electron chi connectivity index (χ0n) is 7.68. The summed E-state index contributed by atoms with van der Waals surface area (Å²) < 4.78 is 0. The average Bonchev–Trinajstić information content (AvgIpc) is 2.10. The molecule has 0 saturated heterocycles. The monoisotopic (exact) mass is 276 g/mol. The maximum Gasteiger partial charge on any atom is 0.307 e. The third-order valence-electron chi connectivity index (χ3n) is 1.97. The topological polar surface area (TPSA) is 37.3 Å². The molecule has 4 heteroatoms. The van der Waals surface area contributed by atoms with Gasteiger partial charge in [0.15, 0.2) is 0 Å². The van der Waals surface area contributed by atoms with Crippen molar-refractivity contribution in [3.05, 3.63) is 33.8 Å². The minimum atomic E-state index is -0.825. The molecule has 0 aromatic heterocycles. The van der Waals surface area contributed by atoms with Gasteiger partial charge in [-0.15, -0.1) is 0 Å². The van der Waals surface area contributed by atoms with Crippen molar-refractivity contribution in [2.75, 3.05) is 0 Å². The largest absolute Gasteiger partial charge is 0.481 e. The van der Waals surface area contributed by atoms with Crippen LogP contribution in [0, 0.1) is 6.92 Å². The quantitative estimate of drug-likeness (QED) is 0.862. The molecule has 0 aliphatic carbocycles. The van der Waals surface area contributed by atoms with Gasteiger partial charge >= 0.3 is 5.97 Å². The molecule has 0 saturated carbocycles. The lowest BCUT2D eigenvalue weighted by Gasteiger charge is -2.07. The van der Waals surface area contributed by atoms with Gasteiger partial charge < -0.3 is 5.11 Å². The number of hydrogen-bond acceptors (Lipinski definition) is 1. The number of hydrogen-bond donors (Lipinski definition) is 1. The molecule has 0 bridgehead atoms. The molecule has 1 rings (SSSR count). The fraction of sp³-hybridized carbons (Fsp3) is 0.300. The molecule has 0 radical (unpaired) electrons. The van der Waals surface area contributed by atoms with E-state index in [4.69, 9.17) is 16.7 Å². The van der Waals surface area contributed by atoms with Crippen LogP contribution in [-0.4, -0.2) is 11.1 Å². The summed E-state index contributed by atoms with van der Waals surface area (Å²) in [6.45, 7) is 1.87. The second kappa shape index (κ2) is 4.80. The highest BCUT2D eigenvalue weighted by atomic mass is 79.9. The van der Waals surface area contributed by atoms with Crippen LogP contribution in [0.25, 0.3) is 0 Å². The molecule has 2 nitrogen and oxygen atoms in total. The van der Waals surface area contributed by atoms with Gasteiger partial charge in [0.2, 0.25) is 0 Å². The first-order chi connectivity index (χ1) is 6.54. The van der Waals surface area contributed by atoms with Crippen LogP contribution >= 0.6 is 27.5 Å². The number of aliphatic carboxylic acids is 1. The lowest BCUT2D eigenvalue weighted by atomic mass is 10.0. The molecule has 0 aliphatic rings. The predicted molar refractivity (Wildman–Crippen MR) is 60.2 cm³/mol. The zero-order chi connectivity index (χ0) is 10.7. The van der Waals surface area contributed by atoms with Crippen molar-refractivity contribution in [2.45, 2.75) is 18.7 Å². The SMILES string of the molecule is Cc1cc(CC(=O)O)c(CBr)cc1Cl. The van der Waals surface area contributed by atoms with Crippen molar-refractivity contribution < 1.29 is 9.90 Å². The summed E-state index contributed by atoms with van der Waals surface area (Å²) in [5.41, 5.74) is 2.66. The first-order valence-corrected chi connectivity index (χ1v) is 5.60. The number of aryl methyl sites for hydroxylation is 1. The smallest absolute Gasteiger partial charge is 0.307 e. The van der Waals surface area contributed by atoms with Crippen molar-refractivity contribution in [3.63, 3.8) is 0 Å². The highest BCUT2D eigenvalue weighted by molar-refractivity contribution is 9.08. The molecule has 0 amide bonds. The minimum absolute atomic E-state index is 0.0406. The Kier molecular flexibility index (Phi) is 3.96. The maximum atomic E-state index is 10.6. The summed E-state index contributed by atoms with van der Waals surface area (Å²) in [6.07, 6.45) is 0.0406. The first-order valence-electron chi connectivity index (χ1n) is 4.10. The van der Waals surface area contributed by atoms with E-state index in [1.54, 1.807) is 0 Å². The summed E-state index contributed by atoms with van der Waals surface area (Å²) in [6, 6.07) is 3.64. The summed E-state index contributed by atoms with van der Waals surface area (Å²) >= 11 is 9.24. The Morgan fingerprint density at radius 1 is 1.50 bits per heavy atom. The average molecular weight is 278 g/mol. The second-order valence-corrected chi connectivity index (χ2v) is 4.04. The van der Waals surface area contributed by atoms with Crippen LogP contribution in [0.2, 0.25) is 5.02 Å². The van der Waals surface area contributed by atoms with E-state index in [9.17, 15) is 4.79 Å². The highest BCUT2D eigenvalue weighted by Gasteiger charge is 2.08. The predicted octanol–water partition coefficient (Wildman–Crippen LogP) is 3.17. The summed E-state index contributed by atoms with van der Waals surface area (Å²) in [7, 11) is 0. The number of halogens is 2. The number of benzene rings is 1. The van der Waals surface area contributed by atoms with E-state index >= 15 is 0 Å². The Morgan fingerprint density at radius 2 is 2.14 bits per heavy atom. The Balaban J connectivity index is 3.13. The molecule has 1 aromatic rings. The number of carbonyl (C=O) groups is 1. The van der Waals surface area contributed by atoms with Crippen LogP contribution in [0.1, 0.15) is 16.7 Å². The standard InChI is InChI=1S/C10H10BrClO2/c1-6-2-7(4-10(13)14)8(5-11)3-9(6)12/h2-3H,4-5H2,1H3,(H,13,14). The fourth-order valence-corrected chi connectivity index (χ4v) is 1.94. The van der Waals surface area contributed by atoms with Crippen LogP contribution in [0.4, 0.5) is 0 Å². The van der Waals surface area contributed by atoms with Gasteiger partial charge in [-0.05, 0) is 29.7 Å². The molecule has 0 fully saturated rings. The lowest BCUT2D eigenvalue weighted by Crippen LogP contribution is -2.03. The van der Waals surface area contributed by atoms with Crippen molar-refractivity contribution in [1.82, 2.24) is 0 Å². The van der Waals surface area contributed by atoms with Crippen LogP contribution in [-0.2, 0) is 16.5 Å². The number of rotatable bonds is 3. The molecular weight excluding hydrogens is 267 g/mol. The van der Waals surface area contributed by atoms with Gasteiger partial charge in [0, 0.05) is 10.4 Å². The van der Waals surface area contributed by atoms with Crippen LogP contribution in [0.5, 0.6) is 0 Å². The van der Waals surface area contributed by atoms with Crippen LogP contribution < -0.4 is 0 Å². The third kappa shape index (κ3) is 2.72. The van der Waals surface area contributed by atoms with Crippen molar-refractivity contribution in [2.24, 2.45) is 0 Å². The number of carboxylic acid groups (broad SMARTS) is 1. The van der Waals surface area contributed by atoms with Crippen molar-refractivity contribution >= 4 is 33.5 Å². The molecule has 0 atom stereocenters. The van der Waals surface area contributed by atoms with E-state index in [2.05, 4.69) is 15.9 Å². The highest BCUT2D eigenvalue weighted by Crippen LogP contribution is 2.23. The maximum absolute atomic E-state index is 10.6. The van der Waals surface area contributed by atoms with Crippen LogP contribution in [0.3, 0.4) is 0 Å². The van der Waals surface area contributed by atoms with Gasteiger partial charge in [-0.3, -0.25) is 4.79 Å². The van der Waals surface area contributed by atoms with E-state index in [-0.39, 0.29) is 6.42 Å². The molecule has 0 spiro atoms. The first kappa shape index (κ1) is 11.5. The van der Waals surface area contributed by atoms with E-state index < -0.39 is 5.97 Å². The molecule has 76 valence electrons. The molecule has 0 unspecified atom stereocenters. The zero-order valence-corrected chi connectivity index (χ0v) is 10.0. The van der Waals surface area contributed by atoms with Gasteiger partial charge in [0.25, 0.3) is 0 Å². The summed E-state index contributed by atoms with van der Waals surface area (Å²) in [5.74, 6) is -0.825. The molecule has 1 N–H and O–H groups in total. The number of carboxylic acids is 1. The minimum Gasteiger partial charge on any atom is -0.481 e. The Bertz CT molecular complexity index is 363. The van der Waals surface area contributed by atoms with Crippen molar-refractivity contribution in [3.8, 4) is 0 Å². The van der Waals surface area contributed by atoms with E-state index in [1.165, 1.54) is 0 Å². The third-order valence-corrected chi connectivity index (χ3v) is 2.98. The van der Waals surface area contributed by atoms with Gasteiger partial charge in [0.05, 0.1) is 6.42 Å². The fourth-order valence-electron chi connectivity index (χ4n) is 1.23. The van der Waals surface area contributed by atoms with E-state index in [0.29, 0.717) is 10.4 Å². The lowest BCUT2D eigenvalue weighted by molar-refractivity contribution is -0.136. The van der Waals surface area contributed by atoms with Crippen LogP contribution in [0.15, 0.2) is 12.1 Å². The van der Waals surface area contributed by atoms with Crippen molar-refractivity contribution in [1.29, 1.82) is 0 Å². The molecular formula is C10H10BrClO2. The van der Waals surface area contributed by atoms with E-state index in [0.717, 1.165) is 16.7 Å². The Hall–Kier alpha value is -0.540. The summed E-state index contributed by atoms with van der Waals surface area (Å²) in [5, 5.41) is 9.99. The summed E-state index contributed by atoms with van der Waals surface area (Å²) in [4.78, 5) is 10.6. The van der Waals surface area contributed by atoms with Gasteiger partial charge in [0.1, 0.15) is 0 Å². The molecule has 14 heavy (non-hydrogen) atoms. The Morgan fingerprint density at radius 3 is 2.64 bits per heavy atom. The second-order valence-electron chi connectivity index (χ2n) is 3.07. The number of alkyl halides is 1. The molecule has 0 aliphatic heterocycles. The van der Waals surface area contributed by atoms with Gasteiger partial charge in [-0.25, -0.2) is 0 Å². The Labute approximate surface area is 96.0 Å². The van der Waals surface area contributed by atoms with E-state index in [1.807, 2.05) is 19.1 Å². The van der Waals surface area contributed by atoms with Gasteiger partial charge in [-0.1, -0.05) is 33.6 Å².